The Kier molecular flexibility index (Phi) is 7.05. The molecule has 0 fully saturated rings. The summed E-state index contributed by atoms with van der Waals surface area (Å²) in [6.45, 7) is 0. The molecule has 0 saturated heterocycles. The van der Waals surface area contributed by atoms with E-state index in [0.717, 1.165) is 54.6 Å². The minimum atomic E-state index is 0.836. The SMILES string of the molecule is c1ccc(-c2cccc(-c3c4ccccc4c(-c4ccc(-c5cc6c7ccc8oc9ccccc9c8c7oc6c6ccccc56)c5ccccc45)c4ccccc34)c2)cc1. The van der Waals surface area contributed by atoms with E-state index in [-0.39, 0.29) is 0 Å². The minimum absolute atomic E-state index is 0.836. The molecule has 13 aromatic rings. The van der Waals surface area contributed by atoms with Gasteiger partial charge in [-0.2, -0.15) is 0 Å². The molecule has 11 aromatic carbocycles. The minimum Gasteiger partial charge on any atom is -0.456 e. The second kappa shape index (κ2) is 12.8. The largest absolute Gasteiger partial charge is 0.456 e. The summed E-state index contributed by atoms with van der Waals surface area (Å²) in [7, 11) is 0. The highest BCUT2D eigenvalue weighted by atomic mass is 16.3. The number of hydrogen-bond acceptors (Lipinski definition) is 2. The van der Waals surface area contributed by atoms with Crippen molar-refractivity contribution in [2.45, 2.75) is 0 Å². The van der Waals surface area contributed by atoms with Crippen LogP contribution in [-0.4, -0.2) is 0 Å². The Bertz CT molecular complexity index is 3830. The molecule has 0 unspecified atom stereocenters. The molecule has 2 heteroatoms. The Morgan fingerprint density at radius 2 is 0.750 bits per heavy atom. The molecule has 2 aromatic heterocycles. The van der Waals surface area contributed by atoms with E-state index in [9.17, 15) is 0 Å². The Hall–Kier alpha value is -7.94. The smallest absolute Gasteiger partial charge is 0.147 e. The van der Waals surface area contributed by atoms with E-state index >= 15 is 0 Å². The fraction of sp³-hybridized carbons (Fsp3) is 0. The van der Waals surface area contributed by atoms with E-state index in [2.05, 4.69) is 194 Å². The van der Waals surface area contributed by atoms with E-state index in [4.69, 9.17) is 8.83 Å². The number of furan rings is 2. The van der Waals surface area contributed by atoms with Crippen molar-refractivity contribution in [3.05, 3.63) is 206 Å². The van der Waals surface area contributed by atoms with Crippen LogP contribution in [0.1, 0.15) is 0 Å². The summed E-state index contributed by atoms with van der Waals surface area (Å²) in [4.78, 5) is 0. The van der Waals surface area contributed by atoms with Gasteiger partial charge in [0.25, 0.3) is 0 Å². The second-order valence-electron chi connectivity index (χ2n) is 15.9. The lowest BCUT2D eigenvalue weighted by Gasteiger charge is -2.20. The monoisotopic (exact) mass is 762 g/mol. The predicted molar refractivity (Wildman–Crippen MR) is 253 cm³/mol. The first-order valence-electron chi connectivity index (χ1n) is 20.6. The van der Waals surface area contributed by atoms with E-state index in [0.29, 0.717) is 0 Å². The van der Waals surface area contributed by atoms with Gasteiger partial charge < -0.3 is 8.83 Å². The fourth-order valence-electron chi connectivity index (χ4n) is 10.1. The quantitative estimate of drug-likeness (QED) is 0.167. The van der Waals surface area contributed by atoms with E-state index in [1.54, 1.807) is 0 Å². The van der Waals surface area contributed by atoms with E-state index in [1.165, 1.54) is 76.8 Å². The first-order valence-corrected chi connectivity index (χ1v) is 20.6. The summed E-state index contributed by atoms with van der Waals surface area (Å²) in [5, 5.41) is 13.9. The molecule has 13 rings (SSSR count). The van der Waals surface area contributed by atoms with Crippen LogP contribution in [0.2, 0.25) is 0 Å². The van der Waals surface area contributed by atoms with Gasteiger partial charge in [0.15, 0.2) is 0 Å². The highest BCUT2D eigenvalue weighted by molar-refractivity contribution is 6.28. The molecule has 0 aliphatic carbocycles. The summed E-state index contributed by atoms with van der Waals surface area (Å²) < 4.78 is 13.2. The fourth-order valence-corrected chi connectivity index (χ4v) is 10.1. The normalized spacial score (nSPS) is 12.0. The molecule has 0 saturated carbocycles. The predicted octanol–water partition coefficient (Wildman–Crippen LogP) is 16.8. The average Bonchev–Trinajstić information content (AvgIpc) is 3.89. The maximum Gasteiger partial charge on any atom is 0.147 e. The van der Waals surface area contributed by atoms with E-state index < -0.39 is 0 Å². The van der Waals surface area contributed by atoms with Crippen LogP contribution in [0.3, 0.4) is 0 Å². The van der Waals surface area contributed by atoms with Crippen molar-refractivity contribution < 1.29 is 8.83 Å². The Morgan fingerprint density at radius 3 is 1.47 bits per heavy atom. The van der Waals surface area contributed by atoms with Gasteiger partial charge in [0.2, 0.25) is 0 Å². The van der Waals surface area contributed by atoms with Crippen LogP contribution in [0, 0.1) is 0 Å². The lowest BCUT2D eigenvalue weighted by atomic mass is 9.83. The van der Waals surface area contributed by atoms with Crippen molar-refractivity contribution in [1.29, 1.82) is 0 Å². The number of benzene rings is 11. The third-order valence-corrected chi connectivity index (χ3v) is 12.7. The standard InChI is InChI=1S/C58H34O2/c1-2-15-35(16-3-1)36-17-14-18-37(33-36)54-42-22-7-9-24-44(42)55(45-25-10-8-23-43(45)54)46-30-29-41(38-19-4-5-20-39(38)46)50-34-51-48-31-32-53-56(49-27-12-13-28-52(49)59-53)58(48)60-57(51)47-26-11-6-21-40(47)50/h1-34H. The van der Waals surface area contributed by atoms with Gasteiger partial charge in [-0.1, -0.05) is 176 Å². The Morgan fingerprint density at radius 1 is 0.233 bits per heavy atom. The zero-order valence-electron chi connectivity index (χ0n) is 32.4. The third kappa shape index (κ3) is 4.76. The van der Waals surface area contributed by atoms with Crippen LogP contribution >= 0.6 is 0 Å². The highest BCUT2D eigenvalue weighted by Crippen LogP contribution is 2.49. The van der Waals surface area contributed by atoms with Gasteiger partial charge in [0, 0.05) is 21.5 Å². The molecular weight excluding hydrogens is 729 g/mol. The summed E-state index contributed by atoms with van der Waals surface area (Å²) in [5.41, 5.74) is 13.2. The molecule has 2 heterocycles. The van der Waals surface area contributed by atoms with Crippen molar-refractivity contribution in [1.82, 2.24) is 0 Å². The summed E-state index contributed by atoms with van der Waals surface area (Å²) in [6, 6.07) is 74.7. The first-order chi connectivity index (χ1) is 29.8. The zero-order valence-corrected chi connectivity index (χ0v) is 32.4. The van der Waals surface area contributed by atoms with Crippen LogP contribution < -0.4 is 0 Å². The zero-order chi connectivity index (χ0) is 39.3. The molecule has 0 N–H and O–H groups in total. The average molecular weight is 763 g/mol. The number of para-hydroxylation sites is 1. The van der Waals surface area contributed by atoms with Gasteiger partial charge in [-0.25, -0.2) is 0 Å². The topological polar surface area (TPSA) is 26.3 Å². The van der Waals surface area contributed by atoms with Gasteiger partial charge in [0.1, 0.15) is 22.3 Å². The molecule has 2 nitrogen and oxygen atoms in total. The third-order valence-electron chi connectivity index (χ3n) is 12.7. The summed E-state index contributed by atoms with van der Waals surface area (Å²) >= 11 is 0. The maximum absolute atomic E-state index is 6.89. The molecule has 278 valence electrons. The molecule has 0 atom stereocenters. The second-order valence-corrected chi connectivity index (χ2v) is 15.9. The van der Waals surface area contributed by atoms with Gasteiger partial charge in [0.05, 0.1) is 5.39 Å². The van der Waals surface area contributed by atoms with Gasteiger partial charge in [-0.15, -0.1) is 0 Å². The molecule has 0 amide bonds. The number of hydrogen-bond donors (Lipinski definition) is 0. The van der Waals surface area contributed by atoms with Crippen LogP contribution in [0.15, 0.2) is 215 Å². The van der Waals surface area contributed by atoms with Gasteiger partial charge in [-0.3, -0.25) is 0 Å². The van der Waals surface area contributed by atoms with Crippen LogP contribution in [0.5, 0.6) is 0 Å². The molecule has 0 radical (unpaired) electrons. The van der Waals surface area contributed by atoms with Crippen molar-refractivity contribution in [2.24, 2.45) is 0 Å². The van der Waals surface area contributed by atoms with Crippen molar-refractivity contribution in [3.63, 3.8) is 0 Å². The summed E-state index contributed by atoms with van der Waals surface area (Å²) in [6.07, 6.45) is 0. The number of rotatable bonds is 4. The molecule has 60 heavy (non-hydrogen) atoms. The molecule has 0 bridgehead atoms. The summed E-state index contributed by atoms with van der Waals surface area (Å²) in [5.74, 6) is 0. The number of fused-ring (bicyclic) bond motifs is 12. The van der Waals surface area contributed by atoms with Crippen molar-refractivity contribution in [3.8, 4) is 44.5 Å². The molecule has 0 aliphatic rings. The highest BCUT2D eigenvalue weighted by Gasteiger charge is 2.22. The van der Waals surface area contributed by atoms with Crippen LogP contribution in [0.4, 0.5) is 0 Å². The maximum atomic E-state index is 6.89. The Balaban J connectivity index is 1.06. The molecule has 0 aliphatic heterocycles. The lowest BCUT2D eigenvalue weighted by molar-refractivity contribution is 0.664. The van der Waals surface area contributed by atoms with Gasteiger partial charge in [-0.05, 0) is 113 Å². The van der Waals surface area contributed by atoms with Crippen LogP contribution in [-0.2, 0) is 0 Å². The van der Waals surface area contributed by atoms with E-state index in [1.807, 2.05) is 12.1 Å². The Labute approximate surface area is 345 Å². The van der Waals surface area contributed by atoms with Gasteiger partial charge >= 0.3 is 0 Å². The molecule has 0 spiro atoms. The molecular formula is C58H34O2. The van der Waals surface area contributed by atoms with Crippen molar-refractivity contribution >= 4 is 87.0 Å². The van der Waals surface area contributed by atoms with Crippen molar-refractivity contribution in [2.75, 3.05) is 0 Å². The lowest BCUT2D eigenvalue weighted by Crippen LogP contribution is -1.93. The van der Waals surface area contributed by atoms with Crippen LogP contribution in [0.25, 0.3) is 131 Å². The first kappa shape index (κ1) is 33.1.